The van der Waals surface area contributed by atoms with Crippen molar-refractivity contribution in [2.75, 3.05) is 19.5 Å². The molecule has 0 spiro atoms. The number of sulfone groups is 1. The zero-order valence-corrected chi connectivity index (χ0v) is 17.3. The zero-order chi connectivity index (χ0) is 20.6. The van der Waals surface area contributed by atoms with Crippen LogP contribution in [0.25, 0.3) is 0 Å². The molecule has 0 N–H and O–H groups in total. The number of hydrogen-bond acceptors (Lipinski definition) is 8. The monoisotopic (exact) mass is 445 g/mol. The summed E-state index contributed by atoms with van der Waals surface area (Å²) in [5, 5.41) is -2.54. The molecule has 1 aromatic rings. The molecule has 2 aliphatic rings. The lowest BCUT2D eigenvalue weighted by Crippen LogP contribution is -2.68. The SMILES string of the molecule is COc1ccc(OC(=S)C2=C(COC(C)=O)CS(=O)(=O)C3[C@@H](Cl)C(=O)N23)cc1. The third-order valence-electron chi connectivity index (χ3n) is 4.21. The Morgan fingerprint density at radius 2 is 1.89 bits per heavy atom. The Balaban J connectivity index is 1.96. The van der Waals surface area contributed by atoms with E-state index in [1.54, 1.807) is 24.3 Å². The summed E-state index contributed by atoms with van der Waals surface area (Å²) >= 11 is 11.2. The van der Waals surface area contributed by atoms with Crippen LogP contribution >= 0.6 is 23.8 Å². The summed E-state index contributed by atoms with van der Waals surface area (Å²) in [6.45, 7) is 0.857. The highest BCUT2D eigenvalue weighted by molar-refractivity contribution is 7.92. The van der Waals surface area contributed by atoms with Gasteiger partial charge in [-0.05, 0) is 36.5 Å². The first-order valence-corrected chi connectivity index (χ1v) is 10.6. The second kappa shape index (κ2) is 7.69. The van der Waals surface area contributed by atoms with Crippen LogP contribution < -0.4 is 9.47 Å². The molecule has 150 valence electrons. The van der Waals surface area contributed by atoms with Gasteiger partial charge in [0.15, 0.2) is 15.2 Å². The molecule has 3 rings (SSSR count). The maximum absolute atomic E-state index is 12.5. The van der Waals surface area contributed by atoms with Crippen molar-refractivity contribution in [2.24, 2.45) is 0 Å². The average molecular weight is 446 g/mol. The third-order valence-corrected chi connectivity index (χ3v) is 7.03. The van der Waals surface area contributed by atoms with Crippen molar-refractivity contribution < 1.29 is 32.2 Å². The van der Waals surface area contributed by atoms with Gasteiger partial charge in [0.25, 0.3) is 0 Å². The van der Waals surface area contributed by atoms with E-state index in [1.165, 1.54) is 14.0 Å². The van der Waals surface area contributed by atoms with E-state index in [-0.39, 0.29) is 22.9 Å². The number of halogens is 1. The molecular formula is C17H16ClNO7S2. The van der Waals surface area contributed by atoms with Crippen molar-refractivity contribution in [3.05, 3.63) is 35.5 Å². The van der Waals surface area contributed by atoms with Crippen molar-refractivity contribution in [2.45, 2.75) is 17.7 Å². The van der Waals surface area contributed by atoms with Gasteiger partial charge in [0, 0.05) is 12.5 Å². The number of thiocarbonyl (C=S) groups is 1. The van der Waals surface area contributed by atoms with Crippen LogP contribution in [0.15, 0.2) is 35.5 Å². The number of amides is 1. The molecule has 2 heterocycles. The number of fused-ring (bicyclic) bond motifs is 1. The molecule has 0 aromatic heterocycles. The van der Waals surface area contributed by atoms with Crippen LogP contribution in [0.3, 0.4) is 0 Å². The number of benzene rings is 1. The van der Waals surface area contributed by atoms with Gasteiger partial charge >= 0.3 is 5.97 Å². The molecule has 2 atom stereocenters. The normalized spacial score (nSPS) is 22.8. The summed E-state index contributed by atoms with van der Waals surface area (Å²) in [4.78, 5) is 24.5. The highest BCUT2D eigenvalue weighted by Gasteiger charge is 2.59. The maximum Gasteiger partial charge on any atom is 0.302 e. The van der Waals surface area contributed by atoms with Crippen molar-refractivity contribution >= 4 is 50.6 Å². The number of rotatable bonds is 5. The third kappa shape index (κ3) is 3.71. The minimum Gasteiger partial charge on any atom is -0.497 e. The minimum atomic E-state index is -3.76. The molecule has 1 amide bonds. The molecule has 0 saturated carbocycles. The van der Waals surface area contributed by atoms with Crippen LogP contribution in [0.1, 0.15) is 6.92 Å². The van der Waals surface area contributed by atoms with Crippen molar-refractivity contribution in [1.82, 2.24) is 4.90 Å². The Hall–Kier alpha value is -2.17. The second-order valence-corrected chi connectivity index (χ2v) is 9.04. The lowest BCUT2D eigenvalue weighted by Gasteiger charge is -2.47. The Kier molecular flexibility index (Phi) is 5.64. The number of hydrogen-bond donors (Lipinski definition) is 0. The topological polar surface area (TPSA) is 99.2 Å². The van der Waals surface area contributed by atoms with Crippen LogP contribution in [-0.4, -0.2) is 60.5 Å². The Bertz CT molecular complexity index is 972. The standard InChI is InChI=1S/C17H16ClNO7S2/c1-9(20)25-7-10-8-28(22,23)16-13(18)15(21)19(16)14(10)17(27)26-12-5-3-11(24-2)4-6-12/h3-6,13,16H,7-8H2,1-2H3/t13-,16?/m0/s1. The van der Waals surface area contributed by atoms with E-state index < -0.39 is 38.2 Å². The number of carbonyl (C=O) groups excluding carboxylic acids is 2. The fraction of sp³-hybridized carbons (Fsp3) is 0.353. The van der Waals surface area contributed by atoms with Crippen molar-refractivity contribution in [3.8, 4) is 11.5 Å². The lowest BCUT2D eigenvalue weighted by molar-refractivity contribution is -0.140. The number of nitrogens with zero attached hydrogens (tertiary/aromatic N) is 1. The Morgan fingerprint density at radius 1 is 1.29 bits per heavy atom. The predicted octanol–water partition coefficient (Wildman–Crippen LogP) is 1.42. The molecule has 11 heteroatoms. The Labute approximate surface area is 171 Å². The quantitative estimate of drug-likeness (QED) is 0.290. The fourth-order valence-electron chi connectivity index (χ4n) is 2.92. The largest absolute Gasteiger partial charge is 0.497 e. The molecule has 1 fully saturated rings. The van der Waals surface area contributed by atoms with E-state index in [0.29, 0.717) is 11.5 Å². The second-order valence-electron chi connectivity index (χ2n) is 6.11. The number of β-lactam (4-membered cyclic amide) rings is 1. The van der Waals surface area contributed by atoms with E-state index in [4.69, 9.17) is 38.0 Å². The van der Waals surface area contributed by atoms with Gasteiger partial charge in [-0.2, -0.15) is 0 Å². The molecule has 0 bridgehead atoms. The van der Waals surface area contributed by atoms with Crippen molar-refractivity contribution in [3.63, 3.8) is 0 Å². The van der Waals surface area contributed by atoms with Crippen LogP contribution in [0, 0.1) is 0 Å². The molecule has 1 saturated heterocycles. The fourth-order valence-corrected chi connectivity index (χ4v) is 5.83. The van der Waals surface area contributed by atoms with Gasteiger partial charge in [-0.1, -0.05) is 0 Å². The molecule has 28 heavy (non-hydrogen) atoms. The van der Waals surface area contributed by atoms with Crippen molar-refractivity contribution in [1.29, 1.82) is 0 Å². The maximum atomic E-state index is 12.5. The van der Waals surface area contributed by atoms with E-state index in [2.05, 4.69) is 0 Å². The molecule has 1 aromatic carbocycles. The number of ether oxygens (including phenoxy) is 3. The summed E-state index contributed by atoms with van der Waals surface area (Å²) in [6, 6.07) is 6.53. The minimum absolute atomic E-state index is 0.0915. The predicted molar refractivity (Wildman–Crippen MR) is 104 cm³/mol. The first-order valence-electron chi connectivity index (χ1n) is 8.06. The van der Waals surface area contributed by atoms with E-state index in [1.807, 2.05) is 0 Å². The zero-order valence-electron chi connectivity index (χ0n) is 14.9. The average Bonchev–Trinajstić information content (AvgIpc) is 2.64. The van der Waals surface area contributed by atoms with Gasteiger partial charge in [0.05, 0.1) is 12.9 Å². The van der Waals surface area contributed by atoms with Gasteiger partial charge in [0.1, 0.15) is 29.2 Å². The number of alkyl halides is 1. The summed E-state index contributed by atoms with van der Waals surface area (Å²) in [7, 11) is -2.24. The molecular weight excluding hydrogens is 430 g/mol. The van der Waals surface area contributed by atoms with Gasteiger partial charge in [-0.15, -0.1) is 11.6 Å². The lowest BCUT2D eigenvalue weighted by atomic mass is 10.1. The van der Waals surface area contributed by atoms with Gasteiger partial charge in [-0.3, -0.25) is 14.5 Å². The summed E-state index contributed by atoms with van der Waals surface area (Å²) in [5.74, 6) is -0.672. The van der Waals surface area contributed by atoms with Crippen LogP contribution in [0.4, 0.5) is 0 Å². The molecule has 1 unspecified atom stereocenters. The van der Waals surface area contributed by atoms with Crippen LogP contribution in [-0.2, 0) is 24.2 Å². The van der Waals surface area contributed by atoms with Gasteiger partial charge in [0.2, 0.25) is 11.0 Å². The number of esters is 1. The van der Waals surface area contributed by atoms with Gasteiger partial charge in [-0.25, -0.2) is 8.42 Å². The summed E-state index contributed by atoms with van der Waals surface area (Å²) < 4.78 is 40.7. The Morgan fingerprint density at radius 3 is 2.46 bits per heavy atom. The molecule has 0 aliphatic carbocycles. The van der Waals surface area contributed by atoms with E-state index >= 15 is 0 Å². The molecule has 8 nitrogen and oxygen atoms in total. The molecule has 0 radical (unpaired) electrons. The van der Waals surface area contributed by atoms with E-state index in [0.717, 1.165) is 4.90 Å². The number of methoxy groups -OCH3 is 1. The van der Waals surface area contributed by atoms with Gasteiger partial charge < -0.3 is 14.2 Å². The first-order chi connectivity index (χ1) is 13.2. The van der Waals surface area contributed by atoms with E-state index in [9.17, 15) is 18.0 Å². The summed E-state index contributed by atoms with van der Waals surface area (Å²) in [5.41, 5.74) is 0.246. The molecule has 2 aliphatic heterocycles. The number of carbonyl (C=O) groups is 2. The highest BCUT2D eigenvalue weighted by atomic mass is 35.5. The first kappa shape index (κ1) is 20.6. The highest BCUT2D eigenvalue weighted by Crippen LogP contribution is 2.40. The smallest absolute Gasteiger partial charge is 0.302 e. The summed E-state index contributed by atoms with van der Waals surface area (Å²) in [6.07, 6.45) is 0. The van der Waals surface area contributed by atoms with Crippen LogP contribution in [0.5, 0.6) is 11.5 Å². The van der Waals surface area contributed by atoms with Crippen LogP contribution in [0.2, 0.25) is 0 Å².